The van der Waals surface area contributed by atoms with Crippen molar-refractivity contribution < 1.29 is 14.7 Å². The zero-order valence-corrected chi connectivity index (χ0v) is 12.5. The minimum absolute atomic E-state index is 0.179. The van der Waals surface area contributed by atoms with Gasteiger partial charge in [0.25, 0.3) is 0 Å². The summed E-state index contributed by atoms with van der Waals surface area (Å²) in [6.07, 6.45) is 6.71. The molecule has 0 bridgehead atoms. The zero-order chi connectivity index (χ0) is 14.7. The summed E-state index contributed by atoms with van der Waals surface area (Å²) < 4.78 is 0. The zero-order valence-electron chi connectivity index (χ0n) is 12.5. The maximum atomic E-state index is 11.8. The lowest BCUT2D eigenvalue weighted by molar-refractivity contribution is -0.144. The maximum absolute atomic E-state index is 11.8. The molecule has 112 valence electrons. The van der Waals surface area contributed by atoms with Crippen LogP contribution in [0.2, 0.25) is 0 Å². The lowest BCUT2D eigenvalue weighted by Gasteiger charge is -2.27. The van der Waals surface area contributed by atoms with E-state index in [1.807, 2.05) is 26.0 Å². The fourth-order valence-electron chi connectivity index (χ4n) is 2.07. The van der Waals surface area contributed by atoms with Crippen LogP contribution in [-0.4, -0.2) is 47.6 Å². The van der Waals surface area contributed by atoms with Crippen LogP contribution in [0.1, 0.15) is 58.3 Å². The number of carbonyl (C=O) groups excluding carboxylic acids is 1. The molecule has 0 aromatic rings. The van der Waals surface area contributed by atoms with Gasteiger partial charge in [-0.15, -0.1) is 0 Å². The Kier molecular flexibility index (Phi) is 10.2. The highest BCUT2D eigenvalue weighted by atomic mass is 16.4. The first-order chi connectivity index (χ1) is 8.99. The van der Waals surface area contributed by atoms with Gasteiger partial charge >= 0.3 is 5.97 Å². The summed E-state index contributed by atoms with van der Waals surface area (Å²) in [5.74, 6) is -0.535. The lowest BCUT2D eigenvalue weighted by Crippen LogP contribution is -2.41. The minimum atomic E-state index is -0.714. The van der Waals surface area contributed by atoms with Gasteiger partial charge in [-0.3, -0.25) is 14.6 Å². The van der Waals surface area contributed by atoms with Crippen LogP contribution in [0.3, 0.4) is 0 Å². The Labute approximate surface area is 116 Å². The summed E-state index contributed by atoms with van der Waals surface area (Å²) in [5.41, 5.74) is 0. The Bertz CT molecular complexity index is 267. The molecule has 0 heterocycles. The fourth-order valence-corrected chi connectivity index (χ4v) is 2.07. The smallest absolute Gasteiger partial charge is 0.303 e. The number of aliphatic carboxylic acids is 1. The Balaban J connectivity index is 3.48. The van der Waals surface area contributed by atoms with Gasteiger partial charge in [-0.1, -0.05) is 25.7 Å². The molecule has 19 heavy (non-hydrogen) atoms. The van der Waals surface area contributed by atoms with Crippen molar-refractivity contribution in [3.05, 3.63) is 0 Å². The quantitative estimate of drug-likeness (QED) is 0.464. The third-order valence-electron chi connectivity index (χ3n) is 3.10. The topological polar surface area (TPSA) is 60.9 Å². The fraction of sp³-hybridized carbons (Fsp3) is 0.857. The summed E-state index contributed by atoms with van der Waals surface area (Å²) in [7, 11) is 3.76. The van der Waals surface area contributed by atoms with Gasteiger partial charge in [-0.05, 0) is 19.8 Å². The molecule has 1 N–H and O–H groups in total. The summed E-state index contributed by atoms with van der Waals surface area (Å²) in [6, 6.07) is 0. The number of nitrogens with zero attached hydrogens (tertiary/aromatic N) is 2. The number of hydrazine groups is 1. The molecule has 0 aromatic carbocycles. The Morgan fingerprint density at radius 3 is 1.79 bits per heavy atom. The van der Waals surface area contributed by atoms with Crippen LogP contribution < -0.4 is 0 Å². The lowest BCUT2D eigenvalue weighted by atomic mass is 10.1. The van der Waals surface area contributed by atoms with E-state index in [0.29, 0.717) is 13.0 Å². The van der Waals surface area contributed by atoms with E-state index < -0.39 is 5.97 Å². The molecule has 0 radical (unpaired) electrons. The largest absolute Gasteiger partial charge is 0.481 e. The molecule has 0 atom stereocenters. The monoisotopic (exact) mass is 272 g/mol. The van der Waals surface area contributed by atoms with Crippen molar-refractivity contribution in [2.75, 3.05) is 20.6 Å². The van der Waals surface area contributed by atoms with Crippen molar-refractivity contribution in [3.8, 4) is 0 Å². The Hall–Kier alpha value is -1.10. The van der Waals surface area contributed by atoms with E-state index in [1.54, 1.807) is 5.01 Å². The molecule has 5 heteroatoms. The second kappa shape index (κ2) is 10.8. The van der Waals surface area contributed by atoms with Crippen molar-refractivity contribution in [1.29, 1.82) is 0 Å². The first-order valence-electron chi connectivity index (χ1n) is 7.18. The molecule has 0 saturated carbocycles. The van der Waals surface area contributed by atoms with Crippen LogP contribution in [0, 0.1) is 0 Å². The highest BCUT2D eigenvalue weighted by Gasteiger charge is 2.12. The van der Waals surface area contributed by atoms with Crippen LogP contribution in [0.4, 0.5) is 0 Å². The summed E-state index contributed by atoms with van der Waals surface area (Å²) in [6.45, 7) is 2.68. The van der Waals surface area contributed by atoms with Crippen LogP contribution in [0.5, 0.6) is 0 Å². The Morgan fingerprint density at radius 1 is 0.895 bits per heavy atom. The predicted molar refractivity (Wildman–Crippen MR) is 75.6 cm³/mol. The normalized spacial score (nSPS) is 10.7. The number of hydrogen-bond donors (Lipinski definition) is 1. The Morgan fingerprint density at radius 2 is 1.37 bits per heavy atom. The second-order valence-electron chi connectivity index (χ2n) is 4.97. The molecular formula is C14H28N2O3. The number of hydrogen-bond acceptors (Lipinski definition) is 3. The number of carboxylic acids is 1. The molecular weight excluding hydrogens is 244 g/mol. The van der Waals surface area contributed by atoms with E-state index in [-0.39, 0.29) is 12.3 Å². The van der Waals surface area contributed by atoms with Gasteiger partial charge in [-0.25, -0.2) is 5.01 Å². The predicted octanol–water partition coefficient (Wildman–Crippen LogP) is 2.52. The molecule has 0 aliphatic heterocycles. The van der Waals surface area contributed by atoms with Gasteiger partial charge in [0.05, 0.1) is 0 Å². The molecule has 1 amide bonds. The molecule has 5 nitrogen and oxygen atoms in total. The average Bonchev–Trinajstić information content (AvgIpc) is 2.32. The van der Waals surface area contributed by atoms with Gasteiger partial charge in [0.15, 0.2) is 0 Å². The molecule has 0 aliphatic carbocycles. The van der Waals surface area contributed by atoms with Crippen molar-refractivity contribution in [2.24, 2.45) is 0 Å². The van der Waals surface area contributed by atoms with Crippen LogP contribution in [0.25, 0.3) is 0 Å². The number of amides is 1. The van der Waals surface area contributed by atoms with Crippen LogP contribution in [0.15, 0.2) is 0 Å². The third-order valence-corrected chi connectivity index (χ3v) is 3.10. The summed E-state index contributed by atoms with van der Waals surface area (Å²) in [4.78, 5) is 22.2. The average molecular weight is 272 g/mol. The maximum Gasteiger partial charge on any atom is 0.303 e. The van der Waals surface area contributed by atoms with Gasteiger partial charge < -0.3 is 5.11 Å². The number of carboxylic acid groups (broad SMARTS) is 1. The van der Waals surface area contributed by atoms with E-state index >= 15 is 0 Å². The highest BCUT2D eigenvalue weighted by Crippen LogP contribution is 2.10. The van der Waals surface area contributed by atoms with E-state index in [0.717, 1.165) is 38.5 Å². The molecule has 0 aliphatic rings. The van der Waals surface area contributed by atoms with Crippen LogP contribution in [-0.2, 0) is 9.59 Å². The number of rotatable bonds is 11. The SMILES string of the molecule is CCN(C(=O)CCCCCCCCC(=O)O)N(C)C. The van der Waals surface area contributed by atoms with Gasteiger partial charge in [0, 0.05) is 33.5 Å². The van der Waals surface area contributed by atoms with Gasteiger partial charge in [0.1, 0.15) is 0 Å². The molecule has 0 fully saturated rings. The summed E-state index contributed by atoms with van der Waals surface area (Å²) >= 11 is 0. The second-order valence-corrected chi connectivity index (χ2v) is 4.97. The third kappa shape index (κ3) is 9.47. The van der Waals surface area contributed by atoms with E-state index in [1.165, 1.54) is 0 Å². The first-order valence-corrected chi connectivity index (χ1v) is 7.18. The van der Waals surface area contributed by atoms with Crippen LogP contribution >= 0.6 is 0 Å². The van der Waals surface area contributed by atoms with Crippen molar-refractivity contribution in [2.45, 2.75) is 58.3 Å². The molecule has 0 unspecified atom stereocenters. The molecule has 0 spiro atoms. The van der Waals surface area contributed by atoms with Gasteiger partial charge in [-0.2, -0.15) is 0 Å². The summed E-state index contributed by atoms with van der Waals surface area (Å²) in [5, 5.41) is 12.1. The van der Waals surface area contributed by atoms with E-state index in [9.17, 15) is 9.59 Å². The van der Waals surface area contributed by atoms with Crippen molar-refractivity contribution in [1.82, 2.24) is 10.0 Å². The van der Waals surface area contributed by atoms with E-state index in [4.69, 9.17) is 5.11 Å². The molecule has 0 saturated heterocycles. The molecule has 0 rings (SSSR count). The number of unbranched alkanes of at least 4 members (excludes halogenated alkanes) is 5. The van der Waals surface area contributed by atoms with Gasteiger partial charge in [0.2, 0.25) is 5.91 Å². The van der Waals surface area contributed by atoms with Crippen molar-refractivity contribution >= 4 is 11.9 Å². The minimum Gasteiger partial charge on any atom is -0.481 e. The first kappa shape index (κ1) is 17.9. The highest BCUT2D eigenvalue weighted by molar-refractivity contribution is 5.75. The number of carbonyl (C=O) groups is 2. The van der Waals surface area contributed by atoms with Crippen molar-refractivity contribution in [3.63, 3.8) is 0 Å². The molecule has 0 aromatic heterocycles. The van der Waals surface area contributed by atoms with E-state index in [2.05, 4.69) is 0 Å². The standard InChI is InChI=1S/C14H28N2O3/c1-4-16(15(2)3)13(17)11-9-7-5-6-8-10-12-14(18)19/h4-12H2,1-3H3,(H,18,19).